The number of aryl methyl sites for hydroxylation is 1. The molecule has 8 heteroatoms. The minimum atomic E-state index is -1.37. The van der Waals surface area contributed by atoms with Crippen LogP contribution in [0.2, 0.25) is 0 Å². The van der Waals surface area contributed by atoms with Crippen molar-refractivity contribution in [3.8, 4) is 11.4 Å². The zero-order chi connectivity index (χ0) is 15.0. The Morgan fingerprint density at radius 1 is 1.40 bits per heavy atom. The molecule has 0 amide bonds. The summed E-state index contributed by atoms with van der Waals surface area (Å²) < 4.78 is 1.14. The van der Waals surface area contributed by atoms with Crippen LogP contribution in [0.4, 0.5) is 5.69 Å². The zero-order valence-electron chi connectivity index (χ0n) is 10.7. The number of aromatic nitrogens is 2. The number of benzene rings is 1. The lowest BCUT2D eigenvalue weighted by Crippen LogP contribution is -2.06. The van der Waals surface area contributed by atoms with Gasteiger partial charge in [-0.05, 0) is 19.4 Å². The lowest BCUT2D eigenvalue weighted by molar-refractivity contribution is -0.385. The SMILES string of the molecule is Cc1ccc([N+](=O)[O-])c(C)c1-n1cc(O)c(C(=O)O)n1. The molecule has 0 spiro atoms. The van der Waals surface area contributed by atoms with Gasteiger partial charge in [-0.15, -0.1) is 0 Å². The second-order valence-electron chi connectivity index (χ2n) is 4.24. The maximum Gasteiger partial charge on any atom is 0.360 e. The number of nitro groups is 1. The van der Waals surface area contributed by atoms with Crippen LogP contribution in [-0.4, -0.2) is 30.9 Å². The van der Waals surface area contributed by atoms with Gasteiger partial charge in [0.15, 0.2) is 5.75 Å². The van der Waals surface area contributed by atoms with Gasteiger partial charge in [-0.2, -0.15) is 5.10 Å². The second kappa shape index (κ2) is 4.65. The van der Waals surface area contributed by atoms with Crippen LogP contribution in [0.25, 0.3) is 5.69 Å². The van der Waals surface area contributed by atoms with E-state index in [4.69, 9.17) is 5.11 Å². The maximum atomic E-state index is 10.9. The lowest BCUT2D eigenvalue weighted by atomic mass is 10.1. The molecule has 0 unspecified atom stereocenters. The number of nitro benzene ring substituents is 1. The predicted octanol–water partition coefficient (Wildman–Crippen LogP) is 1.80. The number of aromatic hydroxyl groups is 1. The van der Waals surface area contributed by atoms with E-state index in [2.05, 4.69) is 5.10 Å². The third-order valence-corrected chi connectivity index (χ3v) is 2.93. The number of rotatable bonds is 3. The number of nitrogens with zero attached hydrogens (tertiary/aromatic N) is 3. The van der Waals surface area contributed by atoms with Gasteiger partial charge in [0.2, 0.25) is 5.69 Å². The van der Waals surface area contributed by atoms with Crippen LogP contribution in [0.15, 0.2) is 18.3 Å². The summed E-state index contributed by atoms with van der Waals surface area (Å²) in [5.41, 5.74) is 0.789. The summed E-state index contributed by atoms with van der Waals surface area (Å²) in [4.78, 5) is 21.3. The summed E-state index contributed by atoms with van der Waals surface area (Å²) in [5, 5.41) is 33.1. The molecule has 0 aliphatic heterocycles. The van der Waals surface area contributed by atoms with Gasteiger partial charge < -0.3 is 10.2 Å². The Balaban J connectivity index is 2.69. The van der Waals surface area contributed by atoms with E-state index >= 15 is 0 Å². The fourth-order valence-corrected chi connectivity index (χ4v) is 2.01. The van der Waals surface area contributed by atoms with Crippen LogP contribution in [-0.2, 0) is 0 Å². The van der Waals surface area contributed by atoms with E-state index in [1.165, 1.54) is 6.07 Å². The molecule has 0 saturated carbocycles. The van der Waals surface area contributed by atoms with Crippen molar-refractivity contribution in [2.24, 2.45) is 0 Å². The molecular weight excluding hydrogens is 266 g/mol. The van der Waals surface area contributed by atoms with E-state index in [-0.39, 0.29) is 5.69 Å². The summed E-state index contributed by atoms with van der Waals surface area (Å²) >= 11 is 0. The lowest BCUT2D eigenvalue weighted by Gasteiger charge is -2.09. The molecule has 0 radical (unpaired) electrons. The third-order valence-electron chi connectivity index (χ3n) is 2.93. The number of carboxylic acids is 1. The molecule has 20 heavy (non-hydrogen) atoms. The molecule has 2 N–H and O–H groups in total. The Hall–Kier alpha value is -2.90. The first kappa shape index (κ1) is 13.5. The molecule has 0 bridgehead atoms. The Morgan fingerprint density at radius 3 is 2.55 bits per heavy atom. The molecule has 2 aromatic rings. The summed E-state index contributed by atoms with van der Waals surface area (Å²) in [5.74, 6) is -1.87. The van der Waals surface area contributed by atoms with Crippen molar-refractivity contribution < 1.29 is 19.9 Å². The number of aromatic carboxylic acids is 1. The van der Waals surface area contributed by atoms with Crippen LogP contribution in [0.1, 0.15) is 21.6 Å². The smallest absolute Gasteiger partial charge is 0.360 e. The Bertz CT molecular complexity index is 720. The zero-order valence-corrected chi connectivity index (χ0v) is 10.7. The summed E-state index contributed by atoms with van der Waals surface area (Å²) in [6.07, 6.45) is 1.11. The van der Waals surface area contributed by atoms with Crippen molar-refractivity contribution in [3.63, 3.8) is 0 Å². The minimum absolute atomic E-state index is 0.0996. The number of hydrogen-bond acceptors (Lipinski definition) is 5. The normalized spacial score (nSPS) is 10.5. The van der Waals surface area contributed by atoms with Gasteiger partial charge in [0.1, 0.15) is 0 Å². The highest BCUT2D eigenvalue weighted by Crippen LogP contribution is 2.29. The van der Waals surface area contributed by atoms with Gasteiger partial charge >= 0.3 is 5.97 Å². The fourth-order valence-electron chi connectivity index (χ4n) is 2.01. The van der Waals surface area contributed by atoms with E-state index in [1.54, 1.807) is 19.9 Å². The van der Waals surface area contributed by atoms with Gasteiger partial charge in [-0.25, -0.2) is 9.48 Å². The van der Waals surface area contributed by atoms with Crippen molar-refractivity contribution in [2.75, 3.05) is 0 Å². The highest BCUT2D eigenvalue weighted by molar-refractivity contribution is 5.88. The van der Waals surface area contributed by atoms with Crippen molar-refractivity contribution in [3.05, 3.63) is 45.3 Å². The molecule has 1 aromatic carbocycles. The quantitative estimate of drug-likeness (QED) is 0.652. The van der Waals surface area contributed by atoms with Crippen LogP contribution < -0.4 is 0 Å². The molecule has 0 aliphatic rings. The van der Waals surface area contributed by atoms with E-state index in [9.17, 15) is 20.0 Å². The van der Waals surface area contributed by atoms with Crippen molar-refractivity contribution in [2.45, 2.75) is 13.8 Å². The molecule has 2 rings (SSSR count). The highest BCUT2D eigenvalue weighted by Gasteiger charge is 2.21. The first-order valence-corrected chi connectivity index (χ1v) is 5.59. The largest absolute Gasteiger partial charge is 0.504 e. The monoisotopic (exact) mass is 277 g/mol. The number of carbonyl (C=O) groups is 1. The third kappa shape index (κ3) is 2.07. The van der Waals surface area contributed by atoms with Gasteiger partial charge in [0.05, 0.1) is 22.4 Å². The van der Waals surface area contributed by atoms with E-state index in [1.807, 2.05) is 0 Å². The second-order valence-corrected chi connectivity index (χ2v) is 4.24. The molecule has 8 nitrogen and oxygen atoms in total. The van der Waals surface area contributed by atoms with E-state index in [0.717, 1.165) is 10.9 Å². The topological polar surface area (TPSA) is 118 Å². The Morgan fingerprint density at radius 2 is 2.05 bits per heavy atom. The fraction of sp³-hybridized carbons (Fsp3) is 0.167. The summed E-state index contributed by atoms with van der Waals surface area (Å²) in [6.45, 7) is 3.25. The van der Waals surface area contributed by atoms with Gasteiger partial charge in [-0.3, -0.25) is 10.1 Å². The van der Waals surface area contributed by atoms with Crippen LogP contribution in [0.3, 0.4) is 0 Å². The van der Waals surface area contributed by atoms with E-state index < -0.39 is 22.3 Å². The first-order valence-electron chi connectivity index (χ1n) is 5.59. The van der Waals surface area contributed by atoms with Gasteiger partial charge in [0, 0.05) is 6.07 Å². The predicted molar refractivity (Wildman–Crippen MR) is 68.3 cm³/mol. The maximum absolute atomic E-state index is 10.9. The Kier molecular flexibility index (Phi) is 3.15. The Labute approximate surface area is 113 Å². The molecule has 0 aliphatic carbocycles. The molecule has 0 atom stereocenters. The van der Waals surface area contributed by atoms with Crippen LogP contribution >= 0.6 is 0 Å². The molecule has 104 valence electrons. The standard InChI is InChI=1S/C12H11N3O5/c1-6-3-4-8(15(19)20)7(2)11(6)14-5-9(16)10(13-14)12(17)18/h3-5,16H,1-2H3,(H,17,18). The van der Waals surface area contributed by atoms with Crippen molar-refractivity contribution in [1.82, 2.24) is 9.78 Å². The molecular formula is C12H11N3O5. The van der Waals surface area contributed by atoms with Gasteiger partial charge in [-0.1, -0.05) is 6.07 Å². The van der Waals surface area contributed by atoms with Crippen LogP contribution in [0, 0.1) is 24.0 Å². The molecule has 1 aromatic heterocycles. The van der Waals surface area contributed by atoms with E-state index in [0.29, 0.717) is 16.8 Å². The first-order chi connectivity index (χ1) is 9.32. The van der Waals surface area contributed by atoms with Crippen molar-refractivity contribution in [1.29, 1.82) is 0 Å². The molecule has 0 fully saturated rings. The highest BCUT2D eigenvalue weighted by atomic mass is 16.6. The molecule has 0 saturated heterocycles. The average molecular weight is 277 g/mol. The average Bonchev–Trinajstić information content (AvgIpc) is 2.70. The number of carboxylic acid groups (broad SMARTS) is 1. The van der Waals surface area contributed by atoms with Crippen molar-refractivity contribution >= 4 is 11.7 Å². The van der Waals surface area contributed by atoms with Gasteiger partial charge in [0.25, 0.3) is 5.69 Å². The summed E-state index contributed by atoms with van der Waals surface area (Å²) in [7, 11) is 0. The number of hydrogen-bond donors (Lipinski definition) is 2. The summed E-state index contributed by atoms with van der Waals surface area (Å²) in [6, 6.07) is 2.91. The van der Waals surface area contributed by atoms with Crippen LogP contribution in [0.5, 0.6) is 5.75 Å². The molecule has 1 heterocycles. The minimum Gasteiger partial charge on any atom is -0.504 e.